The summed E-state index contributed by atoms with van der Waals surface area (Å²) >= 11 is 0. The number of aliphatic hydroxyl groups excluding tert-OH is 1. The summed E-state index contributed by atoms with van der Waals surface area (Å²) in [6, 6.07) is 5.42. The number of esters is 1. The third-order valence-corrected chi connectivity index (χ3v) is 7.80. The van der Waals surface area contributed by atoms with Crippen molar-refractivity contribution in [2.75, 3.05) is 32.3 Å². The number of hydrazine groups is 1. The van der Waals surface area contributed by atoms with Crippen LogP contribution >= 0.6 is 0 Å². The highest BCUT2D eigenvalue weighted by Gasteiger charge is 2.37. The van der Waals surface area contributed by atoms with E-state index in [9.17, 15) is 18.0 Å². The quantitative estimate of drug-likeness (QED) is 0.267. The number of rotatable bonds is 14. The fourth-order valence-electron chi connectivity index (χ4n) is 3.91. The van der Waals surface area contributed by atoms with Crippen LogP contribution < -0.4 is 10.9 Å². The van der Waals surface area contributed by atoms with Crippen LogP contribution in [0.25, 0.3) is 0 Å². The predicted molar refractivity (Wildman–Crippen MR) is 127 cm³/mol. The Morgan fingerprint density at radius 1 is 1.21 bits per heavy atom. The molecule has 0 spiro atoms. The summed E-state index contributed by atoms with van der Waals surface area (Å²) in [5.74, 6) is -1.21. The summed E-state index contributed by atoms with van der Waals surface area (Å²) in [7, 11) is -0.396. The van der Waals surface area contributed by atoms with Gasteiger partial charge < -0.3 is 9.84 Å². The van der Waals surface area contributed by atoms with Gasteiger partial charge >= 0.3 is 5.97 Å². The number of hydrogen-bond acceptors (Lipinski definition) is 8. The highest BCUT2D eigenvalue weighted by molar-refractivity contribution is 7.91. The first-order valence-electron chi connectivity index (χ1n) is 11.1. The van der Waals surface area contributed by atoms with E-state index in [-0.39, 0.29) is 29.3 Å². The SMILES string of the molecule is CNNC(=O)C(C)(CCCC(C)(C)CS(=O)(=O)CCO)c1cccc(C[C@@H](C)C(=O)OC)n1. The molecule has 33 heavy (non-hydrogen) atoms. The van der Waals surface area contributed by atoms with Crippen molar-refractivity contribution in [3.8, 4) is 0 Å². The van der Waals surface area contributed by atoms with Gasteiger partial charge in [-0.2, -0.15) is 0 Å². The molecule has 0 aliphatic heterocycles. The number of ether oxygens (including phenoxy) is 1. The monoisotopic (exact) mass is 485 g/mol. The van der Waals surface area contributed by atoms with E-state index in [0.29, 0.717) is 37.1 Å². The Bertz CT molecular complexity index is 903. The Labute approximate surface area is 197 Å². The normalized spacial score (nSPS) is 14.9. The predicted octanol–water partition coefficient (Wildman–Crippen LogP) is 1.55. The molecule has 1 heterocycles. The van der Waals surface area contributed by atoms with Crippen molar-refractivity contribution in [3.05, 3.63) is 29.6 Å². The van der Waals surface area contributed by atoms with Gasteiger partial charge in [0.15, 0.2) is 9.84 Å². The van der Waals surface area contributed by atoms with E-state index in [2.05, 4.69) is 15.8 Å². The van der Waals surface area contributed by atoms with Crippen LogP contribution in [0.15, 0.2) is 18.2 Å². The van der Waals surface area contributed by atoms with Crippen LogP contribution in [0.1, 0.15) is 58.3 Å². The molecule has 1 aromatic heterocycles. The molecule has 0 saturated carbocycles. The summed E-state index contributed by atoms with van der Waals surface area (Å²) in [6.07, 6.45) is 2.02. The second-order valence-corrected chi connectivity index (χ2v) is 11.7. The first-order valence-corrected chi connectivity index (χ1v) is 12.9. The number of aromatic nitrogens is 1. The van der Waals surface area contributed by atoms with E-state index in [4.69, 9.17) is 9.84 Å². The Kier molecular flexibility index (Phi) is 10.9. The minimum absolute atomic E-state index is 0.0286. The zero-order chi connectivity index (χ0) is 25.3. The summed E-state index contributed by atoms with van der Waals surface area (Å²) in [6.45, 7) is 6.93. The number of aliphatic hydroxyl groups is 1. The molecule has 0 bridgehead atoms. The standard InChI is InChI=1S/C23H39N3O6S/c1-17(20(28)32-6)15-18-9-7-10-19(25-18)23(4,21(29)26-24-5)12-8-11-22(2,3)16-33(30,31)14-13-27/h7,9-10,17,24,27H,8,11-16H2,1-6H3,(H,26,29)/t17-,23?/m1/s1. The first-order chi connectivity index (χ1) is 15.3. The van der Waals surface area contributed by atoms with E-state index in [0.717, 1.165) is 0 Å². The van der Waals surface area contributed by atoms with Crippen molar-refractivity contribution < 1.29 is 27.9 Å². The maximum atomic E-state index is 13.0. The van der Waals surface area contributed by atoms with Gasteiger partial charge in [-0.3, -0.25) is 20.0 Å². The van der Waals surface area contributed by atoms with Gasteiger partial charge in [-0.25, -0.2) is 13.8 Å². The Hall–Kier alpha value is -2.04. The third-order valence-electron chi connectivity index (χ3n) is 5.77. The van der Waals surface area contributed by atoms with Crippen LogP contribution in [0, 0.1) is 11.3 Å². The van der Waals surface area contributed by atoms with Crippen molar-refractivity contribution in [2.45, 2.75) is 58.8 Å². The van der Waals surface area contributed by atoms with Gasteiger partial charge in [-0.1, -0.05) is 33.3 Å². The average molecular weight is 486 g/mol. The maximum Gasteiger partial charge on any atom is 0.308 e. The largest absolute Gasteiger partial charge is 0.469 e. The maximum absolute atomic E-state index is 13.0. The smallest absolute Gasteiger partial charge is 0.308 e. The van der Waals surface area contributed by atoms with Gasteiger partial charge in [-0.05, 0) is 37.3 Å². The molecular formula is C23H39N3O6S. The molecule has 1 aromatic rings. The number of carbonyl (C=O) groups is 2. The van der Waals surface area contributed by atoms with Gasteiger partial charge in [0.05, 0.1) is 42.2 Å². The number of nitrogens with zero attached hydrogens (tertiary/aromatic N) is 1. The second-order valence-electron chi connectivity index (χ2n) is 9.51. The van der Waals surface area contributed by atoms with Crippen LogP contribution in [0.5, 0.6) is 0 Å². The van der Waals surface area contributed by atoms with Gasteiger partial charge in [0.25, 0.3) is 0 Å². The summed E-state index contributed by atoms with van der Waals surface area (Å²) in [4.78, 5) is 29.5. The molecule has 0 saturated heterocycles. The van der Waals surface area contributed by atoms with Crippen molar-refractivity contribution in [2.24, 2.45) is 11.3 Å². The van der Waals surface area contributed by atoms with Gasteiger partial charge in [0.1, 0.15) is 0 Å². The van der Waals surface area contributed by atoms with Crippen molar-refractivity contribution in [3.63, 3.8) is 0 Å². The second kappa shape index (κ2) is 12.4. The zero-order valence-corrected chi connectivity index (χ0v) is 21.4. The molecule has 0 aromatic carbocycles. The minimum Gasteiger partial charge on any atom is -0.469 e. The van der Waals surface area contributed by atoms with Crippen LogP contribution in [0.2, 0.25) is 0 Å². The molecule has 0 aliphatic rings. The fraction of sp³-hybridized carbons (Fsp3) is 0.696. The van der Waals surface area contributed by atoms with Gasteiger partial charge in [0, 0.05) is 19.2 Å². The lowest BCUT2D eigenvalue weighted by Gasteiger charge is -2.30. The molecule has 0 aliphatic carbocycles. The molecule has 9 nitrogen and oxygen atoms in total. The highest BCUT2D eigenvalue weighted by atomic mass is 32.2. The van der Waals surface area contributed by atoms with Crippen LogP contribution in [0.3, 0.4) is 0 Å². The Balaban J connectivity index is 3.06. The molecule has 3 N–H and O–H groups in total. The molecule has 10 heteroatoms. The molecular weight excluding hydrogens is 446 g/mol. The van der Waals surface area contributed by atoms with E-state index < -0.39 is 27.3 Å². The molecule has 1 unspecified atom stereocenters. The lowest BCUT2D eigenvalue weighted by atomic mass is 9.78. The number of sulfone groups is 1. The number of hydrogen-bond donors (Lipinski definition) is 3. The molecule has 0 fully saturated rings. The number of carbonyl (C=O) groups excluding carboxylic acids is 2. The molecule has 1 rings (SSSR count). The lowest BCUT2D eigenvalue weighted by molar-refractivity contribution is -0.144. The van der Waals surface area contributed by atoms with Crippen molar-refractivity contribution in [1.82, 2.24) is 15.8 Å². The summed E-state index contributed by atoms with van der Waals surface area (Å²) in [5, 5.41) is 8.98. The Morgan fingerprint density at radius 3 is 2.45 bits per heavy atom. The minimum atomic E-state index is -3.35. The van der Waals surface area contributed by atoms with Crippen molar-refractivity contribution >= 4 is 21.7 Å². The van der Waals surface area contributed by atoms with Crippen molar-refractivity contribution in [1.29, 1.82) is 0 Å². The zero-order valence-electron chi connectivity index (χ0n) is 20.6. The first kappa shape index (κ1) is 29.0. The number of amides is 1. The van der Waals surface area contributed by atoms with E-state index in [1.54, 1.807) is 20.0 Å². The van der Waals surface area contributed by atoms with Crippen LogP contribution in [-0.4, -0.2) is 62.7 Å². The molecule has 2 atom stereocenters. The van der Waals surface area contributed by atoms with Gasteiger partial charge in [-0.15, -0.1) is 0 Å². The van der Waals surface area contributed by atoms with Crippen LogP contribution in [-0.2, 0) is 36.0 Å². The number of nitrogens with one attached hydrogen (secondary N) is 2. The summed E-state index contributed by atoms with van der Waals surface area (Å²) in [5.41, 5.74) is 5.12. The number of methoxy groups -OCH3 is 1. The topological polar surface area (TPSA) is 135 Å². The van der Waals surface area contributed by atoms with E-state index in [1.165, 1.54) is 7.11 Å². The van der Waals surface area contributed by atoms with Gasteiger partial charge in [0.2, 0.25) is 5.91 Å². The third kappa shape index (κ3) is 9.02. The van der Waals surface area contributed by atoms with E-state index in [1.807, 2.05) is 32.9 Å². The number of pyridine rings is 1. The molecule has 188 valence electrons. The highest BCUT2D eigenvalue weighted by Crippen LogP contribution is 2.33. The molecule has 1 amide bonds. The van der Waals surface area contributed by atoms with Crippen LogP contribution in [0.4, 0.5) is 0 Å². The molecule has 0 radical (unpaired) electrons. The average Bonchev–Trinajstić information content (AvgIpc) is 2.72. The lowest BCUT2D eigenvalue weighted by Crippen LogP contribution is -2.47. The fourth-order valence-corrected chi connectivity index (χ4v) is 5.66. The summed E-state index contributed by atoms with van der Waals surface area (Å²) < 4.78 is 29.1. The van der Waals surface area contributed by atoms with E-state index >= 15 is 0 Å². The Morgan fingerprint density at radius 2 is 1.88 bits per heavy atom.